The molecule has 0 amide bonds. The second-order valence-corrected chi connectivity index (χ2v) is 5.62. The summed E-state index contributed by atoms with van der Waals surface area (Å²) in [5, 5.41) is 10.6. The quantitative estimate of drug-likeness (QED) is 0.922. The van der Waals surface area contributed by atoms with Crippen LogP contribution >= 0.6 is 23.4 Å². The van der Waals surface area contributed by atoms with E-state index in [0.717, 1.165) is 21.2 Å². The van der Waals surface area contributed by atoms with Gasteiger partial charge in [-0.2, -0.15) is 0 Å². The first kappa shape index (κ1) is 13.4. The predicted octanol–water partition coefficient (Wildman–Crippen LogP) is 4.00. The maximum absolute atomic E-state index is 9.04. The monoisotopic (exact) mass is 279 g/mol. The van der Waals surface area contributed by atoms with Crippen molar-refractivity contribution in [1.29, 1.82) is 0 Å². The number of aliphatic hydroxyl groups excluding tert-OH is 1. The highest BCUT2D eigenvalue weighted by Gasteiger charge is 2.06. The highest BCUT2D eigenvalue weighted by molar-refractivity contribution is 7.99. The first-order valence-corrected chi connectivity index (χ1v) is 6.80. The van der Waals surface area contributed by atoms with Crippen LogP contribution in [0.1, 0.15) is 16.8 Å². The van der Waals surface area contributed by atoms with E-state index in [1.54, 1.807) is 6.07 Å². The molecular formula is C14H14ClNOS. The second-order valence-electron chi connectivity index (χ2n) is 4.15. The summed E-state index contributed by atoms with van der Waals surface area (Å²) in [7, 11) is 0. The van der Waals surface area contributed by atoms with E-state index in [0.29, 0.717) is 5.02 Å². The van der Waals surface area contributed by atoms with Crippen LogP contribution in [0.4, 0.5) is 0 Å². The van der Waals surface area contributed by atoms with Gasteiger partial charge in [-0.05, 0) is 49.2 Å². The molecule has 1 aromatic carbocycles. The minimum atomic E-state index is 0.00642. The Morgan fingerprint density at radius 3 is 2.61 bits per heavy atom. The number of aryl methyl sites for hydroxylation is 2. The zero-order valence-electron chi connectivity index (χ0n) is 10.3. The van der Waals surface area contributed by atoms with Gasteiger partial charge >= 0.3 is 0 Å². The molecule has 0 fully saturated rings. The van der Waals surface area contributed by atoms with Gasteiger partial charge in [0.25, 0.3) is 0 Å². The zero-order chi connectivity index (χ0) is 13.1. The lowest BCUT2D eigenvalue weighted by Crippen LogP contribution is -1.88. The average molecular weight is 280 g/mol. The largest absolute Gasteiger partial charge is 0.392 e. The molecule has 2 aromatic rings. The van der Waals surface area contributed by atoms with Crippen molar-refractivity contribution in [3.05, 3.63) is 52.2 Å². The van der Waals surface area contributed by atoms with E-state index >= 15 is 0 Å². The number of nitrogens with zero attached hydrogens (tertiary/aromatic N) is 1. The minimum absolute atomic E-state index is 0.00642. The molecule has 0 saturated carbocycles. The summed E-state index contributed by atoms with van der Waals surface area (Å²) in [4.78, 5) is 5.42. The number of aliphatic hydroxyl groups is 1. The number of rotatable bonds is 3. The third-order valence-corrected chi connectivity index (χ3v) is 3.89. The standard InChI is InChI=1S/C14H14ClNOS/c1-9-5-10(2)16-14(6-9)18-13-4-3-11(8-17)7-12(13)15/h3-7,17H,8H2,1-2H3. The first-order chi connectivity index (χ1) is 8.58. The summed E-state index contributed by atoms with van der Waals surface area (Å²) in [5.41, 5.74) is 3.01. The fourth-order valence-electron chi connectivity index (χ4n) is 1.69. The van der Waals surface area contributed by atoms with Crippen LogP contribution in [0.15, 0.2) is 40.3 Å². The maximum Gasteiger partial charge on any atom is 0.101 e. The predicted molar refractivity (Wildman–Crippen MR) is 75.2 cm³/mol. The first-order valence-electron chi connectivity index (χ1n) is 5.61. The van der Waals surface area contributed by atoms with Crippen molar-refractivity contribution < 1.29 is 5.11 Å². The Labute approximate surface area is 116 Å². The fraction of sp³-hybridized carbons (Fsp3) is 0.214. The number of hydrogen-bond donors (Lipinski definition) is 1. The van der Waals surface area contributed by atoms with Crippen molar-refractivity contribution in [2.24, 2.45) is 0 Å². The second kappa shape index (κ2) is 5.74. The summed E-state index contributed by atoms with van der Waals surface area (Å²) in [5.74, 6) is 0. The maximum atomic E-state index is 9.04. The number of hydrogen-bond acceptors (Lipinski definition) is 3. The van der Waals surface area contributed by atoms with Crippen molar-refractivity contribution in [2.75, 3.05) is 0 Å². The zero-order valence-corrected chi connectivity index (χ0v) is 11.8. The molecule has 1 N–H and O–H groups in total. The molecule has 0 aliphatic rings. The van der Waals surface area contributed by atoms with Crippen molar-refractivity contribution in [1.82, 2.24) is 4.98 Å². The van der Waals surface area contributed by atoms with E-state index in [1.807, 2.05) is 31.2 Å². The highest BCUT2D eigenvalue weighted by atomic mass is 35.5. The molecule has 0 unspecified atom stereocenters. The van der Waals surface area contributed by atoms with Gasteiger partial charge in [0.05, 0.1) is 11.6 Å². The molecule has 0 spiro atoms. The lowest BCUT2D eigenvalue weighted by atomic mass is 10.2. The van der Waals surface area contributed by atoms with E-state index in [9.17, 15) is 0 Å². The fourth-order valence-corrected chi connectivity index (χ4v) is 2.97. The molecule has 0 aliphatic carbocycles. The van der Waals surface area contributed by atoms with Gasteiger partial charge < -0.3 is 5.11 Å². The SMILES string of the molecule is Cc1cc(C)nc(Sc2ccc(CO)cc2Cl)c1. The lowest BCUT2D eigenvalue weighted by Gasteiger charge is -2.07. The molecule has 2 rings (SSSR count). The molecule has 18 heavy (non-hydrogen) atoms. The third-order valence-electron chi connectivity index (χ3n) is 2.47. The van der Waals surface area contributed by atoms with Crippen LogP contribution in [0.25, 0.3) is 0 Å². The molecule has 0 atom stereocenters. The Morgan fingerprint density at radius 1 is 1.22 bits per heavy atom. The van der Waals surface area contributed by atoms with Gasteiger partial charge in [0.2, 0.25) is 0 Å². The van der Waals surface area contributed by atoms with Crippen LogP contribution in [0.5, 0.6) is 0 Å². The van der Waals surface area contributed by atoms with Crippen molar-refractivity contribution in [3.63, 3.8) is 0 Å². The number of halogens is 1. The molecule has 1 aromatic heterocycles. The van der Waals surface area contributed by atoms with Gasteiger partial charge in [0.15, 0.2) is 0 Å². The van der Waals surface area contributed by atoms with E-state index in [2.05, 4.69) is 11.9 Å². The van der Waals surface area contributed by atoms with Gasteiger partial charge in [-0.25, -0.2) is 4.98 Å². The average Bonchev–Trinajstić information content (AvgIpc) is 2.30. The third kappa shape index (κ3) is 3.25. The Balaban J connectivity index is 2.28. The molecule has 2 nitrogen and oxygen atoms in total. The van der Waals surface area contributed by atoms with Gasteiger partial charge in [0, 0.05) is 10.6 Å². The highest BCUT2D eigenvalue weighted by Crippen LogP contribution is 2.33. The van der Waals surface area contributed by atoms with Crippen LogP contribution in [0, 0.1) is 13.8 Å². The van der Waals surface area contributed by atoms with Crippen LogP contribution < -0.4 is 0 Å². The molecular weight excluding hydrogens is 266 g/mol. The van der Waals surface area contributed by atoms with Gasteiger partial charge in [0.1, 0.15) is 5.03 Å². The minimum Gasteiger partial charge on any atom is -0.392 e. The van der Waals surface area contributed by atoms with Gasteiger partial charge in [-0.15, -0.1) is 0 Å². The normalized spacial score (nSPS) is 10.7. The Kier molecular flexibility index (Phi) is 4.27. The van der Waals surface area contributed by atoms with Crippen LogP contribution in [0.2, 0.25) is 5.02 Å². The topological polar surface area (TPSA) is 33.1 Å². The molecule has 0 bridgehead atoms. The van der Waals surface area contributed by atoms with Crippen molar-refractivity contribution >= 4 is 23.4 Å². The lowest BCUT2D eigenvalue weighted by molar-refractivity contribution is 0.282. The van der Waals surface area contributed by atoms with E-state index in [-0.39, 0.29) is 6.61 Å². The smallest absolute Gasteiger partial charge is 0.101 e. The molecule has 94 valence electrons. The van der Waals surface area contributed by atoms with Gasteiger partial charge in [-0.3, -0.25) is 0 Å². The molecule has 0 saturated heterocycles. The van der Waals surface area contributed by atoms with Crippen molar-refractivity contribution in [2.45, 2.75) is 30.4 Å². The molecule has 0 radical (unpaired) electrons. The Hall–Kier alpha value is -1.03. The van der Waals surface area contributed by atoms with E-state index < -0.39 is 0 Å². The number of pyridine rings is 1. The van der Waals surface area contributed by atoms with Crippen molar-refractivity contribution in [3.8, 4) is 0 Å². The van der Waals surface area contributed by atoms with E-state index in [4.69, 9.17) is 16.7 Å². The summed E-state index contributed by atoms with van der Waals surface area (Å²) in [6.45, 7) is 4.04. The Morgan fingerprint density at radius 2 is 2.00 bits per heavy atom. The number of benzene rings is 1. The van der Waals surface area contributed by atoms with E-state index in [1.165, 1.54) is 17.3 Å². The van der Waals surface area contributed by atoms with Crippen LogP contribution in [0.3, 0.4) is 0 Å². The summed E-state index contributed by atoms with van der Waals surface area (Å²) in [6, 6.07) is 9.65. The van der Waals surface area contributed by atoms with Crippen LogP contribution in [-0.4, -0.2) is 10.1 Å². The molecule has 1 heterocycles. The summed E-state index contributed by atoms with van der Waals surface area (Å²) in [6.07, 6.45) is 0. The number of aromatic nitrogens is 1. The molecule has 0 aliphatic heterocycles. The summed E-state index contributed by atoms with van der Waals surface area (Å²) < 4.78 is 0. The van der Waals surface area contributed by atoms with Crippen LogP contribution in [-0.2, 0) is 6.61 Å². The van der Waals surface area contributed by atoms with Gasteiger partial charge in [-0.1, -0.05) is 29.4 Å². The summed E-state index contributed by atoms with van der Waals surface area (Å²) >= 11 is 7.71. The Bertz CT molecular complexity index is 551. The molecule has 4 heteroatoms.